The number of non-ortho nitro benzene ring substituents is 1. The molecule has 1 aromatic rings. The van der Waals surface area contributed by atoms with Crippen LogP contribution in [0.1, 0.15) is 20.7 Å². The zero-order valence-electron chi connectivity index (χ0n) is 7.91. The van der Waals surface area contributed by atoms with Crippen LogP contribution in [0, 0.1) is 10.1 Å². The standard InChI is InChI=1S/C8H5NO6.H3N/c10-7(11)5-2-1-4(9(14)15)3-6(5)8(12)13;/h1-3H,(H,10,11)(H,12,13);1H3. The molecule has 0 bridgehead atoms. The molecule has 0 aliphatic heterocycles. The smallest absolute Gasteiger partial charge is 0.336 e. The van der Waals surface area contributed by atoms with Crippen molar-refractivity contribution in [2.75, 3.05) is 0 Å². The molecule has 0 radical (unpaired) electrons. The van der Waals surface area contributed by atoms with E-state index < -0.39 is 33.7 Å². The maximum atomic E-state index is 10.6. The molecule has 0 aliphatic carbocycles. The summed E-state index contributed by atoms with van der Waals surface area (Å²) < 4.78 is 0. The van der Waals surface area contributed by atoms with Crippen LogP contribution in [0.4, 0.5) is 5.69 Å². The van der Waals surface area contributed by atoms with Crippen LogP contribution in [0.5, 0.6) is 0 Å². The third kappa shape index (κ3) is 2.51. The molecular formula is C8H8N2O6. The van der Waals surface area contributed by atoms with Crippen LogP contribution in [0.3, 0.4) is 0 Å². The van der Waals surface area contributed by atoms with E-state index in [9.17, 15) is 19.7 Å². The SMILES string of the molecule is N.O=C(O)c1ccc([N+](=O)[O-])cc1C(=O)O. The van der Waals surface area contributed by atoms with Crippen molar-refractivity contribution in [3.8, 4) is 0 Å². The van der Waals surface area contributed by atoms with Gasteiger partial charge in [-0.15, -0.1) is 0 Å². The summed E-state index contributed by atoms with van der Waals surface area (Å²) in [5.41, 5.74) is -1.54. The quantitative estimate of drug-likeness (QED) is 0.517. The van der Waals surface area contributed by atoms with Gasteiger partial charge in [0.25, 0.3) is 5.69 Å². The van der Waals surface area contributed by atoms with Gasteiger partial charge in [0.05, 0.1) is 16.1 Å². The zero-order chi connectivity index (χ0) is 11.6. The normalized spacial score (nSPS) is 9.00. The number of nitro benzene ring substituents is 1. The lowest BCUT2D eigenvalue weighted by atomic mass is 10.1. The van der Waals surface area contributed by atoms with E-state index >= 15 is 0 Å². The van der Waals surface area contributed by atoms with Crippen molar-refractivity contribution in [1.82, 2.24) is 6.15 Å². The Balaban J connectivity index is 0.00000225. The fourth-order valence-corrected chi connectivity index (χ4v) is 1.01. The minimum atomic E-state index is -1.52. The Morgan fingerprint density at radius 3 is 2.00 bits per heavy atom. The van der Waals surface area contributed by atoms with Crippen molar-refractivity contribution in [1.29, 1.82) is 0 Å². The van der Waals surface area contributed by atoms with Gasteiger partial charge in [0.15, 0.2) is 0 Å². The fourth-order valence-electron chi connectivity index (χ4n) is 1.01. The number of benzene rings is 1. The van der Waals surface area contributed by atoms with Crippen molar-refractivity contribution >= 4 is 17.6 Å². The van der Waals surface area contributed by atoms with Gasteiger partial charge in [-0.3, -0.25) is 10.1 Å². The molecule has 0 saturated carbocycles. The van der Waals surface area contributed by atoms with E-state index in [1.54, 1.807) is 0 Å². The van der Waals surface area contributed by atoms with Crippen LogP contribution in [-0.4, -0.2) is 27.1 Å². The van der Waals surface area contributed by atoms with E-state index in [0.717, 1.165) is 12.1 Å². The second-order valence-corrected chi connectivity index (χ2v) is 2.60. The topological polar surface area (TPSA) is 153 Å². The molecule has 8 nitrogen and oxygen atoms in total. The lowest BCUT2D eigenvalue weighted by Crippen LogP contribution is -2.08. The molecule has 0 unspecified atom stereocenters. The highest BCUT2D eigenvalue weighted by atomic mass is 16.6. The molecule has 1 rings (SSSR count). The van der Waals surface area contributed by atoms with Crippen LogP contribution in [0.25, 0.3) is 0 Å². The van der Waals surface area contributed by atoms with Crippen LogP contribution >= 0.6 is 0 Å². The molecule has 1 aromatic carbocycles. The summed E-state index contributed by atoms with van der Waals surface area (Å²) in [5.74, 6) is -2.96. The molecule has 0 fully saturated rings. The molecule has 0 amide bonds. The number of nitrogens with zero attached hydrogens (tertiary/aromatic N) is 1. The molecule has 0 aromatic heterocycles. The number of carbonyl (C=O) groups is 2. The summed E-state index contributed by atoms with van der Waals surface area (Å²) in [6, 6.07) is 2.55. The second-order valence-electron chi connectivity index (χ2n) is 2.60. The van der Waals surface area contributed by atoms with Crippen molar-refractivity contribution in [2.24, 2.45) is 0 Å². The number of hydrogen-bond acceptors (Lipinski definition) is 5. The summed E-state index contributed by atoms with van der Waals surface area (Å²) in [5, 5.41) is 27.6. The zero-order valence-corrected chi connectivity index (χ0v) is 7.91. The summed E-state index contributed by atoms with van der Waals surface area (Å²) in [6.45, 7) is 0. The van der Waals surface area contributed by atoms with Crippen molar-refractivity contribution in [3.63, 3.8) is 0 Å². The number of aromatic carboxylic acids is 2. The second kappa shape index (κ2) is 4.84. The third-order valence-corrected chi connectivity index (χ3v) is 1.67. The van der Waals surface area contributed by atoms with Gasteiger partial charge in [-0.2, -0.15) is 0 Å². The lowest BCUT2D eigenvalue weighted by Gasteiger charge is -2.00. The van der Waals surface area contributed by atoms with Crippen LogP contribution in [-0.2, 0) is 0 Å². The van der Waals surface area contributed by atoms with E-state index in [2.05, 4.69) is 0 Å². The predicted molar refractivity (Wildman–Crippen MR) is 52.0 cm³/mol. The minimum absolute atomic E-state index is 0. The Bertz CT molecular complexity index is 456. The summed E-state index contributed by atoms with van der Waals surface area (Å²) in [7, 11) is 0. The molecule has 0 spiro atoms. The number of rotatable bonds is 3. The molecule has 0 atom stereocenters. The van der Waals surface area contributed by atoms with Gasteiger partial charge >= 0.3 is 11.9 Å². The van der Waals surface area contributed by atoms with E-state index in [0.29, 0.717) is 6.07 Å². The largest absolute Gasteiger partial charge is 0.478 e. The van der Waals surface area contributed by atoms with Gasteiger partial charge in [-0.1, -0.05) is 0 Å². The Morgan fingerprint density at radius 2 is 1.62 bits per heavy atom. The first-order valence-corrected chi connectivity index (χ1v) is 3.68. The van der Waals surface area contributed by atoms with Crippen LogP contribution in [0.2, 0.25) is 0 Å². The maximum absolute atomic E-state index is 10.6. The predicted octanol–water partition coefficient (Wildman–Crippen LogP) is 1.15. The summed E-state index contributed by atoms with van der Waals surface area (Å²) >= 11 is 0. The molecule has 8 heteroatoms. The number of carboxylic acid groups (broad SMARTS) is 2. The third-order valence-electron chi connectivity index (χ3n) is 1.67. The lowest BCUT2D eigenvalue weighted by molar-refractivity contribution is -0.384. The van der Waals surface area contributed by atoms with Crippen molar-refractivity contribution in [3.05, 3.63) is 39.4 Å². The van der Waals surface area contributed by atoms with Crippen molar-refractivity contribution in [2.45, 2.75) is 0 Å². The van der Waals surface area contributed by atoms with Crippen LogP contribution < -0.4 is 6.15 Å². The van der Waals surface area contributed by atoms with E-state index in [1.165, 1.54) is 0 Å². The van der Waals surface area contributed by atoms with Gasteiger partial charge in [0.1, 0.15) is 0 Å². The van der Waals surface area contributed by atoms with Gasteiger partial charge in [-0.25, -0.2) is 9.59 Å². The van der Waals surface area contributed by atoms with Gasteiger partial charge in [0, 0.05) is 12.1 Å². The number of nitro groups is 1. The summed E-state index contributed by atoms with van der Waals surface area (Å²) in [6.07, 6.45) is 0. The first kappa shape index (κ1) is 13.5. The Labute approximate surface area is 88.9 Å². The first-order chi connectivity index (χ1) is 6.93. The highest BCUT2D eigenvalue weighted by Crippen LogP contribution is 2.17. The van der Waals surface area contributed by atoms with Gasteiger partial charge in [-0.05, 0) is 6.07 Å². The Kier molecular flexibility index (Phi) is 4.09. The molecule has 16 heavy (non-hydrogen) atoms. The highest BCUT2D eigenvalue weighted by molar-refractivity contribution is 6.02. The molecule has 5 N–H and O–H groups in total. The average molecular weight is 228 g/mol. The molecule has 0 heterocycles. The van der Waals surface area contributed by atoms with Gasteiger partial charge in [0.2, 0.25) is 0 Å². The molecule has 0 saturated heterocycles. The van der Waals surface area contributed by atoms with E-state index in [-0.39, 0.29) is 6.15 Å². The number of hydrogen-bond donors (Lipinski definition) is 3. The van der Waals surface area contributed by atoms with E-state index in [1.807, 2.05) is 0 Å². The van der Waals surface area contributed by atoms with E-state index in [4.69, 9.17) is 10.2 Å². The maximum Gasteiger partial charge on any atom is 0.336 e. The fraction of sp³-hybridized carbons (Fsp3) is 0. The Morgan fingerprint density at radius 1 is 1.12 bits per heavy atom. The average Bonchev–Trinajstić information content (AvgIpc) is 2.16. The molecule has 0 aliphatic rings. The minimum Gasteiger partial charge on any atom is -0.478 e. The van der Waals surface area contributed by atoms with Crippen molar-refractivity contribution < 1.29 is 24.7 Å². The molecule has 86 valence electrons. The summed E-state index contributed by atoms with van der Waals surface area (Å²) in [4.78, 5) is 30.7. The van der Waals surface area contributed by atoms with Gasteiger partial charge < -0.3 is 16.4 Å². The molecular weight excluding hydrogens is 220 g/mol. The highest BCUT2D eigenvalue weighted by Gasteiger charge is 2.19. The monoisotopic (exact) mass is 228 g/mol. The Hall–Kier alpha value is -2.48. The number of carboxylic acids is 2. The first-order valence-electron chi connectivity index (χ1n) is 3.68. The van der Waals surface area contributed by atoms with Crippen LogP contribution in [0.15, 0.2) is 18.2 Å².